The fraction of sp³-hybridized carbons (Fsp3) is 0.800. The second-order valence-electron chi connectivity index (χ2n) is 4.49. The maximum absolute atomic E-state index is 11.3. The van der Waals surface area contributed by atoms with E-state index in [2.05, 4.69) is 0 Å². The first kappa shape index (κ1) is 20.1. The molecule has 21 heavy (non-hydrogen) atoms. The molecule has 0 bridgehead atoms. The Bertz CT molecular complexity index is 288. The van der Waals surface area contributed by atoms with Crippen molar-refractivity contribution in [2.45, 2.75) is 32.7 Å². The largest absolute Gasteiger partial charge is 0.463 e. The highest BCUT2D eigenvalue weighted by atomic mass is 16.7. The van der Waals surface area contributed by atoms with E-state index in [4.69, 9.17) is 23.7 Å². The number of esters is 1. The first-order chi connectivity index (χ1) is 10.1. The van der Waals surface area contributed by atoms with Crippen molar-refractivity contribution in [3.05, 3.63) is 12.2 Å². The zero-order chi connectivity index (χ0) is 16.1. The molecule has 124 valence electrons. The molecule has 6 heteroatoms. The molecule has 0 saturated carbocycles. The van der Waals surface area contributed by atoms with Crippen molar-refractivity contribution in [1.29, 1.82) is 0 Å². The number of rotatable bonds is 12. The van der Waals surface area contributed by atoms with Gasteiger partial charge in [-0.2, -0.15) is 0 Å². The highest BCUT2D eigenvalue weighted by Crippen LogP contribution is 2.17. The summed E-state index contributed by atoms with van der Waals surface area (Å²) in [5, 5.41) is 0. The lowest BCUT2D eigenvalue weighted by Crippen LogP contribution is -2.37. The van der Waals surface area contributed by atoms with Crippen LogP contribution in [0.4, 0.5) is 0 Å². The maximum atomic E-state index is 11.3. The molecule has 0 heterocycles. The predicted octanol–water partition coefficient (Wildman–Crippen LogP) is 1.78. The average Bonchev–Trinajstić information content (AvgIpc) is 2.48. The number of methoxy groups -OCH3 is 3. The third kappa shape index (κ3) is 8.83. The fourth-order valence-corrected chi connectivity index (χ4v) is 1.80. The van der Waals surface area contributed by atoms with E-state index >= 15 is 0 Å². The van der Waals surface area contributed by atoms with Gasteiger partial charge in [-0.3, -0.25) is 0 Å². The molecule has 0 saturated heterocycles. The predicted molar refractivity (Wildman–Crippen MR) is 79.0 cm³/mol. The van der Waals surface area contributed by atoms with Crippen molar-refractivity contribution < 1.29 is 28.5 Å². The van der Waals surface area contributed by atoms with Crippen molar-refractivity contribution in [2.75, 3.05) is 41.2 Å². The molecule has 0 aliphatic rings. The Hall–Kier alpha value is -0.950. The third-order valence-electron chi connectivity index (χ3n) is 2.88. The molecule has 0 spiro atoms. The molecule has 0 N–H and O–H groups in total. The summed E-state index contributed by atoms with van der Waals surface area (Å²) in [5.41, 5.74) is 0. The van der Waals surface area contributed by atoms with E-state index in [1.807, 2.05) is 6.92 Å². The van der Waals surface area contributed by atoms with Gasteiger partial charge in [0.05, 0.1) is 6.61 Å². The van der Waals surface area contributed by atoms with Crippen LogP contribution in [-0.2, 0) is 28.5 Å². The van der Waals surface area contributed by atoms with Crippen molar-refractivity contribution in [1.82, 2.24) is 0 Å². The molecule has 0 aromatic heterocycles. The fourth-order valence-electron chi connectivity index (χ4n) is 1.80. The zero-order valence-corrected chi connectivity index (χ0v) is 13.7. The van der Waals surface area contributed by atoms with Gasteiger partial charge in [0.15, 0.2) is 6.29 Å². The molecule has 0 aliphatic carbocycles. The molecule has 0 aromatic carbocycles. The van der Waals surface area contributed by atoms with Crippen LogP contribution in [0.3, 0.4) is 0 Å². The van der Waals surface area contributed by atoms with E-state index in [1.54, 1.807) is 34.3 Å². The van der Waals surface area contributed by atoms with Crippen LogP contribution < -0.4 is 0 Å². The minimum Gasteiger partial charge on any atom is -0.463 e. The SMILES string of the molecule is CCOC(=O)C=C[C@H](C)[C@@H](OCCCOC)C(OC)OC. The van der Waals surface area contributed by atoms with Crippen molar-refractivity contribution in [2.24, 2.45) is 5.92 Å². The topological polar surface area (TPSA) is 63.2 Å². The Morgan fingerprint density at radius 2 is 1.81 bits per heavy atom. The van der Waals surface area contributed by atoms with Crippen molar-refractivity contribution in [3.8, 4) is 0 Å². The van der Waals surface area contributed by atoms with E-state index < -0.39 is 6.29 Å². The van der Waals surface area contributed by atoms with Gasteiger partial charge >= 0.3 is 5.97 Å². The Labute approximate surface area is 127 Å². The smallest absolute Gasteiger partial charge is 0.330 e. The number of hydrogen-bond donors (Lipinski definition) is 0. The number of hydrogen-bond acceptors (Lipinski definition) is 6. The van der Waals surface area contributed by atoms with Crippen LogP contribution >= 0.6 is 0 Å². The minimum absolute atomic E-state index is 0.0677. The molecule has 0 aliphatic heterocycles. The van der Waals surface area contributed by atoms with Crippen molar-refractivity contribution in [3.63, 3.8) is 0 Å². The molecule has 0 amide bonds. The molecular weight excluding hydrogens is 276 g/mol. The van der Waals surface area contributed by atoms with Crippen LogP contribution in [0.2, 0.25) is 0 Å². The molecule has 0 radical (unpaired) electrons. The molecular formula is C15H28O6. The van der Waals surface area contributed by atoms with E-state index in [0.29, 0.717) is 19.8 Å². The quantitative estimate of drug-likeness (QED) is 0.237. The van der Waals surface area contributed by atoms with Gasteiger partial charge in [-0.15, -0.1) is 0 Å². The summed E-state index contributed by atoms with van der Waals surface area (Å²) >= 11 is 0. The molecule has 0 fully saturated rings. The Morgan fingerprint density at radius 3 is 2.33 bits per heavy atom. The first-order valence-electron chi connectivity index (χ1n) is 7.11. The van der Waals surface area contributed by atoms with Crippen LogP contribution in [0, 0.1) is 5.92 Å². The molecule has 0 aromatic rings. The van der Waals surface area contributed by atoms with Crippen LogP contribution in [0.25, 0.3) is 0 Å². The summed E-state index contributed by atoms with van der Waals surface area (Å²) in [5.74, 6) is -0.435. The average molecular weight is 304 g/mol. The molecule has 6 nitrogen and oxygen atoms in total. The highest BCUT2D eigenvalue weighted by molar-refractivity contribution is 5.81. The standard InChI is InChI=1S/C15H28O6/c1-6-20-13(16)9-8-12(2)14(15(18-4)19-5)21-11-7-10-17-3/h8-9,12,14-15H,6-7,10-11H2,1-5H3/t12-,14+/m0/s1. The number of ether oxygens (including phenoxy) is 5. The van der Waals surface area contributed by atoms with Crippen LogP contribution in [0.5, 0.6) is 0 Å². The van der Waals surface area contributed by atoms with E-state index in [-0.39, 0.29) is 18.0 Å². The van der Waals surface area contributed by atoms with Gasteiger partial charge in [-0.25, -0.2) is 4.79 Å². The van der Waals surface area contributed by atoms with Gasteiger partial charge in [-0.05, 0) is 13.3 Å². The van der Waals surface area contributed by atoms with Gasteiger partial charge in [0.25, 0.3) is 0 Å². The Balaban J connectivity index is 4.57. The number of carbonyl (C=O) groups is 1. The number of carbonyl (C=O) groups excluding carboxylic acids is 1. The second kappa shape index (κ2) is 12.8. The zero-order valence-electron chi connectivity index (χ0n) is 13.7. The molecule has 0 unspecified atom stereocenters. The summed E-state index contributed by atoms with van der Waals surface area (Å²) in [4.78, 5) is 11.3. The summed E-state index contributed by atoms with van der Waals surface area (Å²) in [6.07, 6.45) is 3.10. The first-order valence-corrected chi connectivity index (χ1v) is 7.11. The highest BCUT2D eigenvalue weighted by Gasteiger charge is 2.26. The minimum atomic E-state index is -0.505. The normalized spacial score (nSPS) is 14.6. The molecule has 0 rings (SSSR count). The Morgan fingerprint density at radius 1 is 1.14 bits per heavy atom. The van der Waals surface area contributed by atoms with Crippen LogP contribution in [0.1, 0.15) is 20.3 Å². The van der Waals surface area contributed by atoms with Gasteiger partial charge in [0.1, 0.15) is 6.10 Å². The summed E-state index contributed by atoms with van der Waals surface area (Å²) in [6, 6.07) is 0. The van der Waals surface area contributed by atoms with E-state index in [0.717, 1.165) is 6.42 Å². The van der Waals surface area contributed by atoms with E-state index in [1.165, 1.54) is 6.08 Å². The molecule has 2 atom stereocenters. The lowest BCUT2D eigenvalue weighted by atomic mass is 10.0. The van der Waals surface area contributed by atoms with Gasteiger partial charge in [-0.1, -0.05) is 13.0 Å². The second-order valence-corrected chi connectivity index (χ2v) is 4.49. The summed E-state index contributed by atoms with van der Waals surface area (Å²) in [7, 11) is 4.76. The lowest BCUT2D eigenvalue weighted by molar-refractivity contribution is -0.190. The monoisotopic (exact) mass is 304 g/mol. The van der Waals surface area contributed by atoms with Gasteiger partial charge < -0.3 is 23.7 Å². The van der Waals surface area contributed by atoms with Gasteiger partial charge in [0, 0.05) is 46.5 Å². The van der Waals surface area contributed by atoms with E-state index in [9.17, 15) is 4.79 Å². The van der Waals surface area contributed by atoms with Crippen molar-refractivity contribution >= 4 is 5.97 Å². The summed E-state index contributed by atoms with van der Waals surface area (Å²) < 4.78 is 26.2. The van der Waals surface area contributed by atoms with Crippen LogP contribution in [-0.4, -0.2) is 59.5 Å². The summed E-state index contributed by atoms with van der Waals surface area (Å²) in [6.45, 7) is 5.21. The van der Waals surface area contributed by atoms with Crippen LogP contribution in [0.15, 0.2) is 12.2 Å². The third-order valence-corrected chi connectivity index (χ3v) is 2.88. The maximum Gasteiger partial charge on any atom is 0.330 e. The Kier molecular flexibility index (Phi) is 12.2. The van der Waals surface area contributed by atoms with Gasteiger partial charge in [0.2, 0.25) is 0 Å². The lowest BCUT2D eigenvalue weighted by Gasteiger charge is -2.28.